The van der Waals surface area contributed by atoms with Gasteiger partial charge >= 0.3 is 12.6 Å². The quantitative estimate of drug-likeness (QED) is 0.416. The highest BCUT2D eigenvalue weighted by molar-refractivity contribution is 5.97. The molecule has 1 amide bonds. The predicted octanol–water partition coefficient (Wildman–Crippen LogP) is 5.31. The van der Waals surface area contributed by atoms with Crippen molar-refractivity contribution < 1.29 is 32.6 Å². The van der Waals surface area contributed by atoms with Crippen molar-refractivity contribution in [3.05, 3.63) is 59.2 Å². The van der Waals surface area contributed by atoms with Crippen molar-refractivity contribution in [1.29, 1.82) is 0 Å². The number of anilines is 1. The smallest absolute Gasteiger partial charge is 0.387 e. The van der Waals surface area contributed by atoms with E-state index in [1.54, 1.807) is 0 Å². The number of hydrogen-bond acceptors (Lipinski definition) is 5. The number of alkyl halides is 2. The molecule has 2 aromatic carbocycles. The number of amides is 1. The second-order valence-corrected chi connectivity index (χ2v) is 7.38. The van der Waals surface area contributed by atoms with Crippen LogP contribution in [0.4, 0.5) is 14.5 Å². The van der Waals surface area contributed by atoms with Crippen molar-refractivity contribution in [2.24, 2.45) is 0 Å². The molecule has 0 spiro atoms. The van der Waals surface area contributed by atoms with Crippen LogP contribution in [-0.4, -0.2) is 31.7 Å². The third-order valence-electron chi connectivity index (χ3n) is 4.65. The maximum absolute atomic E-state index is 12.6. The molecular formula is C24H27F2NO5. The Labute approximate surface area is 186 Å². The van der Waals surface area contributed by atoms with E-state index in [0.717, 1.165) is 17.2 Å². The van der Waals surface area contributed by atoms with Gasteiger partial charge in [0.05, 0.1) is 7.11 Å². The van der Waals surface area contributed by atoms with Gasteiger partial charge in [-0.1, -0.05) is 38.1 Å². The highest BCUT2D eigenvalue weighted by atomic mass is 19.3. The van der Waals surface area contributed by atoms with Gasteiger partial charge < -0.3 is 19.5 Å². The zero-order chi connectivity index (χ0) is 23.8. The lowest BCUT2D eigenvalue weighted by Crippen LogP contribution is -2.30. The minimum atomic E-state index is -2.98. The molecule has 0 saturated heterocycles. The molecule has 0 saturated carbocycles. The summed E-state index contributed by atoms with van der Waals surface area (Å²) in [7, 11) is 1.31. The average Bonchev–Trinajstić information content (AvgIpc) is 2.73. The SMILES string of the molecule is COc1cc(/C=C/C(=O)OC(C)C(=O)Nc2c(C)cccc2C(C)C)ccc1OC(F)F. The van der Waals surface area contributed by atoms with Gasteiger partial charge in [-0.2, -0.15) is 8.78 Å². The van der Waals surface area contributed by atoms with Crippen LogP contribution in [0.25, 0.3) is 6.08 Å². The van der Waals surface area contributed by atoms with Crippen LogP contribution in [0.15, 0.2) is 42.5 Å². The Morgan fingerprint density at radius 3 is 2.41 bits per heavy atom. The van der Waals surface area contributed by atoms with Crippen LogP contribution in [0.5, 0.6) is 11.5 Å². The third kappa shape index (κ3) is 6.80. The number of rotatable bonds is 9. The number of methoxy groups -OCH3 is 1. The van der Waals surface area contributed by atoms with Crippen molar-refractivity contribution in [2.45, 2.75) is 46.3 Å². The largest absolute Gasteiger partial charge is 0.493 e. The molecular weight excluding hydrogens is 420 g/mol. The monoisotopic (exact) mass is 447 g/mol. The molecule has 2 rings (SSSR count). The number of carbonyl (C=O) groups excluding carboxylic acids is 2. The molecule has 0 radical (unpaired) electrons. The second-order valence-electron chi connectivity index (χ2n) is 7.38. The van der Waals surface area contributed by atoms with Gasteiger partial charge in [-0.25, -0.2) is 4.79 Å². The summed E-state index contributed by atoms with van der Waals surface area (Å²) in [5.74, 6) is -0.996. The van der Waals surface area contributed by atoms with Crippen molar-refractivity contribution in [3.63, 3.8) is 0 Å². The van der Waals surface area contributed by atoms with Crippen molar-refractivity contribution in [2.75, 3.05) is 12.4 Å². The summed E-state index contributed by atoms with van der Waals surface area (Å²) < 4.78 is 39.4. The standard InChI is InChI=1S/C24H27F2NO5/c1-14(2)18-8-6-7-15(3)22(18)27-23(29)16(4)31-21(28)12-10-17-9-11-19(32-24(25)26)20(13-17)30-5/h6-14,16,24H,1-5H3,(H,27,29)/b12-10+. The van der Waals surface area contributed by atoms with E-state index in [9.17, 15) is 18.4 Å². The number of halogens is 2. The summed E-state index contributed by atoms with van der Waals surface area (Å²) in [4.78, 5) is 24.7. The number of esters is 1. The van der Waals surface area contributed by atoms with E-state index in [-0.39, 0.29) is 17.4 Å². The molecule has 1 N–H and O–H groups in total. The third-order valence-corrected chi connectivity index (χ3v) is 4.65. The van der Waals surface area contributed by atoms with Crippen LogP contribution in [0.3, 0.4) is 0 Å². The fourth-order valence-corrected chi connectivity index (χ4v) is 2.98. The van der Waals surface area contributed by atoms with Gasteiger partial charge in [0.2, 0.25) is 0 Å². The predicted molar refractivity (Wildman–Crippen MR) is 118 cm³/mol. The molecule has 2 aromatic rings. The Hall–Kier alpha value is -3.42. The molecule has 0 aliphatic carbocycles. The summed E-state index contributed by atoms with van der Waals surface area (Å²) >= 11 is 0. The lowest BCUT2D eigenvalue weighted by Gasteiger charge is -2.18. The Kier molecular flexibility index (Phi) is 8.75. The highest BCUT2D eigenvalue weighted by Crippen LogP contribution is 2.30. The molecule has 8 heteroatoms. The van der Waals surface area contributed by atoms with Gasteiger partial charge in [-0.3, -0.25) is 4.79 Å². The van der Waals surface area contributed by atoms with E-state index in [2.05, 4.69) is 10.1 Å². The number of ether oxygens (including phenoxy) is 3. The molecule has 1 atom stereocenters. The summed E-state index contributed by atoms with van der Waals surface area (Å²) in [6.45, 7) is 4.45. The Balaban J connectivity index is 2.02. The van der Waals surface area contributed by atoms with E-state index in [4.69, 9.17) is 9.47 Å². The molecule has 6 nitrogen and oxygen atoms in total. The average molecular weight is 447 g/mol. The molecule has 0 aliphatic heterocycles. The van der Waals surface area contributed by atoms with Crippen LogP contribution >= 0.6 is 0 Å². The Morgan fingerprint density at radius 2 is 1.78 bits per heavy atom. The summed E-state index contributed by atoms with van der Waals surface area (Å²) in [5.41, 5.74) is 3.12. The van der Waals surface area contributed by atoms with Gasteiger partial charge in [0, 0.05) is 11.8 Å². The van der Waals surface area contributed by atoms with Gasteiger partial charge in [-0.05, 0) is 54.7 Å². The molecule has 32 heavy (non-hydrogen) atoms. The number of benzene rings is 2. The Bertz CT molecular complexity index is 988. The van der Waals surface area contributed by atoms with Crippen molar-refractivity contribution >= 4 is 23.6 Å². The van der Waals surface area contributed by atoms with Crippen LogP contribution in [0, 0.1) is 6.92 Å². The van der Waals surface area contributed by atoms with E-state index in [1.165, 1.54) is 38.3 Å². The first kappa shape index (κ1) is 24.8. The van der Waals surface area contributed by atoms with Crippen molar-refractivity contribution in [3.8, 4) is 11.5 Å². The van der Waals surface area contributed by atoms with Crippen LogP contribution in [0.1, 0.15) is 43.4 Å². The van der Waals surface area contributed by atoms with E-state index < -0.39 is 24.6 Å². The van der Waals surface area contributed by atoms with Crippen LogP contribution in [0.2, 0.25) is 0 Å². The summed E-state index contributed by atoms with van der Waals surface area (Å²) in [5, 5.41) is 2.84. The van der Waals surface area contributed by atoms with Crippen molar-refractivity contribution in [1.82, 2.24) is 0 Å². The van der Waals surface area contributed by atoms with Gasteiger partial charge in [0.1, 0.15) is 0 Å². The molecule has 0 aliphatic rings. The van der Waals surface area contributed by atoms with Crippen LogP contribution < -0.4 is 14.8 Å². The number of aryl methyl sites for hydroxylation is 1. The minimum Gasteiger partial charge on any atom is -0.493 e. The normalized spacial score (nSPS) is 12.2. The number of para-hydroxylation sites is 1. The number of carbonyl (C=O) groups is 2. The minimum absolute atomic E-state index is 0.0905. The summed E-state index contributed by atoms with van der Waals surface area (Å²) in [6, 6.07) is 9.98. The Morgan fingerprint density at radius 1 is 1.06 bits per heavy atom. The fourth-order valence-electron chi connectivity index (χ4n) is 2.98. The maximum atomic E-state index is 12.6. The lowest BCUT2D eigenvalue weighted by molar-refractivity contribution is -0.148. The first-order valence-electron chi connectivity index (χ1n) is 10.0. The molecule has 1 unspecified atom stereocenters. The highest BCUT2D eigenvalue weighted by Gasteiger charge is 2.19. The second kappa shape index (κ2) is 11.3. The van der Waals surface area contributed by atoms with Gasteiger partial charge in [-0.15, -0.1) is 0 Å². The van der Waals surface area contributed by atoms with E-state index in [1.807, 2.05) is 39.0 Å². The lowest BCUT2D eigenvalue weighted by atomic mass is 9.98. The molecule has 0 fully saturated rings. The maximum Gasteiger partial charge on any atom is 0.387 e. The van der Waals surface area contributed by atoms with Gasteiger partial charge in [0.25, 0.3) is 5.91 Å². The molecule has 172 valence electrons. The topological polar surface area (TPSA) is 73.9 Å². The number of nitrogens with one attached hydrogen (secondary N) is 1. The van der Waals surface area contributed by atoms with Gasteiger partial charge in [0.15, 0.2) is 17.6 Å². The fraction of sp³-hybridized carbons (Fsp3) is 0.333. The van der Waals surface area contributed by atoms with E-state index >= 15 is 0 Å². The first-order valence-corrected chi connectivity index (χ1v) is 10.0. The molecule has 0 aromatic heterocycles. The first-order chi connectivity index (χ1) is 15.1. The zero-order valence-corrected chi connectivity index (χ0v) is 18.6. The molecule has 0 bridgehead atoms. The zero-order valence-electron chi connectivity index (χ0n) is 18.6. The van der Waals surface area contributed by atoms with Crippen LogP contribution in [-0.2, 0) is 14.3 Å². The molecule has 0 heterocycles. The summed E-state index contributed by atoms with van der Waals surface area (Å²) in [6.07, 6.45) is 1.53. The van der Waals surface area contributed by atoms with E-state index in [0.29, 0.717) is 11.3 Å². The number of hydrogen-bond donors (Lipinski definition) is 1.